The fourth-order valence-corrected chi connectivity index (χ4v) is 2.34. The predicted octanol–water partition coefficient (Wildman–Crippen LogP) is 0.495. The summed E-state index contributed by atoms with van der Waals surface area (Å²) >= 11 is 0. The number of fused-ring (bicyclic) bond motifs is 1. The third-order valence-corrected chi connectivity index (χ3v) is 3.30. The summed E-state index contributed by atoms with van der Waals surface area (Å²) in [6.07, 6.45) is 7.55. The molecule has 18 heavy (non-hydrogen) atoms. The number of amides is 1. The third kappa shape index (κ3) is 1.79. The lowest BCUT2D eigenvalue weighted by Crippen LogP contribution is -2.45. The van der Waals surface area contributed by atoms with Gasteiger partial charge in [0.2, 0.25) is 0 Å². The maximum atomic E-state index is 11.7. The van der Waals surface area contributed by atoms with E-state index >= 15 is 0 Å². The summed E-state index contributed by atoms with van der Waals surface area (Å²) in [6.45, 7) is 2.04. The summed E-state index contributed by atoms with van der Waals surface area (Å²) in [7, 11) is 0. The van der Waals surface area contributed by atoms with Crippen molar-refractivity contribution in [1.82, 2.24) is 10.4 Å². The number of ether oxygens (including phenoxy) is 1. The lowest BCUT2D eigenvalue weighted by Gasteiger charge is -2.31. The number of nitroso groups, excluding NO2 is 1. The van der Waals surface area contributed by atoms with Crippen LogP contribution in [-0.2, 0) is 9.53 Å². The number of hydrogen-bond donors (Lipinski definition) is 1. The monoisotopic (exact) mass is 247 g/mol. The van der Waals surface area contributed by atoms with Crippen molar-refractivity contribution in [3.63, 3.8) is 0 Å². The number of nitrogens with zero attached hydrogens (tertiary/aromatic N) is 2. The number of hydrazine groups is 1. The highest BCUT2D eigenvalue weighted by Gasteiger charge is 2.36. The minimum Gasteiger partial charge on any atom is -0.381 e. The molecule has 0 spiro atoms. The lowest BCUT2D eigenvalue weighted by atomic mass is 10.0. The fourth-order valence-electron chi connectivity index (χ4n) is 2.34. The van der Waals surface area contributed by atoms with Crippen molar-refractivity contribution in [2.45, 2.75) is 6.04 Å². The Morgan fingerprint density at radius 1 is 1.50 bits per heavy atom. The Morgan fingerprint density at radius 3 is 3.00 bits per heavy atom. The average Bonchev–Trinajstić information content (AvgIpc) is 2.71. The van der Waals surface area contributed by atoms with Crippen molar-refractivity contribution >= 4 is 5.91 Å². The van der Waals surface area contributed by atoms with Gasteiger partial charge in [-0.25, -0.2) is 5.43 Å². The van der Waals surface area contributed by atoms with Crippen molar-refractivity contribution in [2.24, 2.45) is 11.1 Å². The molecule has 3 rings (SSSR count). The van der Waals surface area contributed by atoms with Crippen LogP contribution in [0.4, 0.5) is 0 Å². The topological polar surface area (TPSA) is 71.0 Å². The van der Waals surface area contributed by atoms with E-state index in [1.807, 2.05) is 24.3 Å². The van der Waals surface area contributed by atoms with Crippen LogP contribution in [0.2, 0.25) is 0 Å². The van der Waals surface area contributed by atoms with Gasteiger partial charge in [0, 0.05) is 23.2 Å². The second-order valence-corrected chi connectivity index (χ2v) is 4.57. The molecule has 94 valence electrons. The normalized spacial score (nSPS) is 26.2. The Labute approximate surface area is 104 Å². The van der Waals surface area contributed by atoms with Gasteiger partial charge in [-0.15, -0.1) is 4.91 Å². The zero-order valence-corrected chi connectivity index (χ0v) is 9.70. The van der Waals surface area contributed by atoms with Crippen molar-refractivity contribution in [1.29, 1.82) is 0 Å². The van der Waals surface area contributed by atoms with Gasteiger partial charge in [0.25, 0.3) is 0 Å². The Hall–Kier alpha value is -1.79. The van der Waals surface area contributed by atoms with Gasteiger partial charge < -0.3 is 9.75 Å². The number of carbonyl (C=O) groups excluding carboxylic acids is 1. The molecule has 0 saturated carbocycles. The number of carbonyl (C=O) groups is 1. The van der Waals surface area contributed by atoms with Crippen LogP contribution in [0.1, 0.15) is 0 Å². The van der Waals surface area contributed by atoms with E-state index in [1.165, 1.54) is 0 Å². The molecule has 3 aliphatic rings. The smallest absolute Gasteiger partial charge is 0.334 e. The van der Waals surface area contributed by atoms with Crippen LogP contribution in [0.15, 0.2) is 40.8 Å². The molecule has 2 aliphatic heterocycles. The summed E-state index contributed by atoms with van der Waals surface area (Å²) in [6, 6.07) is -0.0447. The van der Waals surface area contributed by atoms with Crippen LogP contribution in [0, 0.1) is 10.8 Å². The van der Waals surface area contributed by atoms with Gasteiger partial charge >= 0.3 is 5.91 Å². The summed E-state index contributed by atoms with van der Waals surface area (Å²) in [5.74, 6) is -0.333. The quantitative estimate of drug-likeness (QED) is 0.735. The molecule has 1 fully saturated rings. The van der Waals surface area contributed by atoms with Gasteiger partial charge in [-0.1, -0.05) is 24.3 Å². The zero-order valence-electron chi connectivity index (χ0n) is 9.70. The molecule has 1 atom stereocenters. The summed E-state index contributed by atoms with van der Waals surface area (Å²) in [5, 5.41) is 4.28. The standard InChI is InChI=1S/C12H13N3O3/c16-12(14-17)11-9-3-1-2-4-10(9)13-15(11)5-8-6-18-7-8/h1-4,8,10,13H,5-7H2. The number of rotatable bonds is 3. The second-order valence-electron chi connectivity index (χ2n) is 4.57. The van der Waals surface area contributed by atoms with E-state index < -0.39 is 5.91 Å². The predicted molar refractivity (Wildman–Crippen MR) is 64.0 cm³/mol. The van der Waals surface area contributed by atoms with Crippen LogP contribution in [0.3, 0.4) is 0 Å². The summed E-state index contributed by atoms with van der Waals surface area (Å²) in [5.41, 5.74) is 4.37. The van der Waals surface area contributed by atoms with Crippen LogP contribution < -0.4 is 5.43 Å². The Balaban J connectivity index is 1.87. The van der Waals surface area contributed by atoms with Gasteiger partial charge in [-0.3, -0.25) is 4.79 Å². The highest BCUT2D eigenvalue weighted by molar-refractivity contribution is 5.95. The Bertz CT molecular complexity index is 477. The van der Waals surface area contributed by atoms with Gasteiger partial charge in [0.15, 0.2) is 0 Å². The maximum Gasteiger partial charge on any atom is 0.334 e. The first-order chi connectivity index (χ1) is 8.79. The van der Waals surface area contributed by atoms with E-state index in [1.54, 1.807) is 5.01 Å². The molecule has 2 heterocycles. The maximum absolute atomic E-state index is 11.7. The van der Waals surface area contributed by atoms with E-state index in [0.717, 1.165) is 5.57 Å². The first kappa shape index (κ1) is 11.3. The van der Waals surface area contributed by atoms with Crippen LogP contribution in [-0.4, -0.2) is 36.7 Å². The van der Waals surface area contributed by atoms with Gasteiger partial charge in [0.05, 0.1) is 19.3 Å². The van der Waals surface area contributed by atoms with Gasteiger partial charge in [0.1, 0.15) is 5.70 Å². The molecule has 1 N–H and O–H groups in total. The van der Waals surface area contributed by atoms with E-state index in [-0.39, 0.29) is 6.04 Å². The molecule has 1 amide bonds. The number of hydrogen-bond acceptors (Lipinski definition) is 5. The van der Waals surface area contributed by atoms with Gasteiger partial charge in [-0.2, -0.15) is 0 Å². The molecule has 1 unspecified atom stereocenters. The van der Waals surface area contributed by atoms with E-state index in [0.29, 0.717) is 31.4 Å². The van der Waals surface area contributed by atoms with Gasteiger partial charge in [-0.05, 0) is 0 Å². The molecule has 0 aromatic carbocycles. The molecule has 0 bridgehead atoms. The highest BCUT2D eigenvalue weighted by Crippen LogP contribution is 2.28. The molecule has 1 saturated heterocycles. The first-order valence-corrected chi connectivity index (χ1v) is 5.88. The SMILES string of the molecule is O=NC(=O)C1=C2C=CC=CC2NN1CC1COC1. The third-order valence-electron chi connectivity index (χ3n) is 3.30. The zero-order chi connectivity index (χ0) is 12.5. The minimum absolute atomic E-state index is 0.0447. The van der Waals surface area contributed by atoms with Crippen LogP contribution in [0.5, 0.6) is 0 Å². The van der Waals surface area contributed by atoms with Crippen molar-refractivity contribution < 1.29 is 9.53 Å². The van der Waals surface area contributed by atoms with Crippen molar-refractivity contribution in [3.8, 4) is 0 Å². The number of allylic oxidation sites excluding steroid dienone is 2. The summed E-state index contributed by atoms with van der Waals surface area (Å²) < 4.78 is 5.12. The molecule has 0 radical (unpaired) electrons. The lowest BCUT2D eigenvalue weighted by molar-refractivity contribution is -0.116. The summed E-state index contributed by atoms with van der Waals surface area (Å²) in [4.78, 5) is 22.2. The molecule has 0 aromatic rings. The number of nitrogens with one attached hydrogen (secondary N) is 1. The largest absolute Gasteiger partial charge is 0.381 e. The van der Waals surface area contributed by atoms with Crippen LogP contribution >= 0.6 is 0 Å². The minimum atomic E-state index is -0.722. The van der Waals surface area contributed by atoms with Crippen molar-refractivity contribution in [3.05, 3.63) is 40.5 Å². The Kier molecular flexibility index (Phi) is 2.81. The van der Waals surface area contributed by atoms with E-state index in [9.17, 15) is 9.70 Å². The average molecular weight is 247 g/mol. The van der Waals surface area contributed by atoms with Crippen molar-refractivity contribution in [2.75, 3.05) is 19.8 Å². The molecule has 1 aliphatic carbocycles. The molecular weight excluding hydrogens is 234 g/mol. The molecule has 6 nitrogen and oxygen atoms in total. The Morgan fingerprint density at radius 2 is 2.33 bits per heavy atom. The first-order valence-electron chi connectivity index (χ1n) is 5.88. The van der Waals surface area contributed by atoms with E-state index in [2.05, 4.69) is 10.6 Å². The van der Waals surface area contributed by atoms with Crippen LogP contribution in [0.25, 0.3) is 0 Å². The fraction of sp³-hybridized carbons (Fsp3) is 0.417. The van der Waals surface area contributed by atoms with E-state index in [4.69, 9.17) is 4.74 Å². The molecule has 0 aromatic heterocycles. The highest BCUT2D eigenvalue weighted by atomic mass is 16.5. The molecule has 6 heteroatoms. The molecular formula is C12H13N3O3. The second kappa shape index (κ2) is 4.47.